The quantitative estimate of drug-likeness (QED) is 0.735. The summed E-state index contributed by atoms with van der Waals surface area (Å²) < 4.78 is 11.2. The molecule has 2 amide bonds. The van der Waals surface area contributed by atoms with Gasteiger partial charge < -0.3 is 19.4 Å². The highest BCUT2D eigenvalue weighted by Gasteiger charge is 2.33. The summed E-state index contributed by atoms with van der Waals surface area (Å²) in [4.78, 5) is 27.2. The van der Waals surface area contributed by atoms with Gasteiger partial charge in [-0.05, 0) is 37.3 Å². The SMILES string of the molecule is CC(OCc1ccccc1)C(=O)NC[C@H]1CCCN1C(=O)c1occc1C(C)C. The lowest BCUT2D eigenvalue weighted by Crippen LogP contribution is -2.45. The summed E-state index contributed by atoms with van der Waals surface area (Å²) in [5.74, 6) is 0.374. The first-order chi connectivity index (χ1) is 14.0. The molecule has 1 aliphatic heterocycles. The zero-order valence-corrected chi connectivity index (χ0v) is 17.4. The summed E-state index contributed by atoms with van der Waals surface area (Å²) in [6.07, 6.45) is 2.80. The van der Waals surface area contributed by atoms with Crippen molar-refractivity contribution in [1.82, 2.24) is 10.2 Å². The zero-order chi connectivity index (χ0) is 20.8. The number of carbonyl (C=O) groups excluding carboxylic acids is 2. The third kappa shape index (κ3) is 5.26. The highest BCUT2D eigenvalue weighted by Crippen LogP contribution is 2.25. The molecular weight excluding hydrogens is 368 g/mol. The van der Waals surface area contributed by atoms with Gasteiger partial charge in [0.2, 0.25) is 5.91 Å². The van der Waals surface area contributed by atoms with E-state index in [2.05, 4.69) is 5.32 Å². The normalized spacial score (nSPS) is 17.5. The largest absolute Gasteiger partial charge is 0.459 e. The fourth-order valence-corrected chi connectivity index (χ4v) is 3.63. The molecule has 1 aliphatic rings. The van der Waals surface area contributed by atoms with Crippen LogP contribution in [0, 0.1) is 0 Å². The lowest BCUT2D eigenvalue weighted by Gasteiger charge is -2.25. The monoisotopic (exact) mass is 398 g/mol. The highest BCUT2D eigenvalue weighted by molar-refractivity contribution is 5.93. The number of furan rings is 1. The number of ether oxygens (including phenoxy) is 1. The lowest BCUT2D eigenvalue weighted by atomic mass is 10.0. The van der Waals surface area contributed by atoms with Crippen molar-refractivity contribution in [3.63, 3.8) is 0 Å². The molecule has 1 aromatic carbocycles. The third-order valence-electron chi connectivity index (χ3n) is 5.37. The maximum absolute atomic E-state index is 13.0. The van der Waals surface area contributed by atoms with Gasteiger partial charge in [0.25, 0.3) is 5.91 Å². The van der Waals surface area contributed by atoms with E-state index in [4.69, 9.17) is 9.15 Å². The molecule has 2 atom stereocenters. The fraction of sp³-hybridized carbons (Fsp3) is 0.478. The van der Waals surface area contributed by atoms with Crippen LogP contribution in [0.5, 0.6) is 0 Å². The molecule has 29 heavy (non-hydrogen) atoms. The van der Waals surface area contributed by atoms with E-state index >= 15 is 0 Å². The summed E-state index contributed by atoms with van der Waals surface area (Å²) in [6, 6.07) is 11.6. The molecule has 6 nitrogen and oxygen atoms in total. The van der Waals surface area contributed by atoms with Gasteiger partial charge in [-0.1, -0.05) is 44.2 Å². The Morgan fingerprint density at radius 3 is 2.69 bits per heavy atom. The molecule has 1 fully saturated rings. The second kappa shape index (κ2) is 9.74. The Kier molecular flexibility index (Phi) is 7.09. The predicted octanol–water partition coefficient (Wildman–Crippen LogP) is 3.73. The molecule has 0 aliphatic carbocycles. The molecule has 0 radical (unpaired) electrons. The number of carbonyl (C=O) groups is 2. The highest BCUT2D eigenvalue weighted by atomic mass is 16.5. The third-order valence-corrected chi connectivity index (χ3v) is 5.37. The van der Waals surface area contributed by atoms with Crippen LogP contribution in [0.4, 0.5) is 0 Å². The number of hydrogen-bond acceptors (Lipinski definition) is 4. The van der Waals surface area contributed by atoms with Crippen LogP contribution in [0.3, 0.4) is 0 Å². The Bertz CT molecular complexity index is 815. The minimum Gasteiger partial charge on any atom is -0.459 e. The van der Waals surface area contributed by atoms with Crippen LogP contribution in [0.25, 0.3) is 0 Å². The predicted molar refractivity (Wildman–Crippen MR) is 111 cm³/mol. The van der Waals surface area contributed by atoms with Crippen LogP contribution < -0.4 is 5.32 Å². The standard InChI is InChI=1S/C23H30N2O4/c1-16(2)20-11-13-28-21(20)23(27)25-12-7-10-19(25)14-24-22(26)17(3)29-15-18-8-5-4-6-9-18/h4-6,8-9,11,13,16-17,19H,7,10,12,14-15H2,1-3H3,(H,24,26)/t17?,19-/m1/s1. The zero-order valence-electron chi connectivity index (χ0n) is 17.4. The minimum absolute atomic E-state index is 0.0297. The Morgan fingerprint density at radius 1 is 1.21 bits per heavy atom. The summed E-state index contributed by atoms with van der Waals surface area (Å²) in [5, 5.41) is 2.94. The minimum atomic E-state index is -0.557. The molecule has 3 rings (SSSR count). The molecule has 1 saturated heterocycles. The summed E-state index contributed by atoms with van der Waals surface area (Å²) in [5.41, 5.74) is 1.95. The van der Waals surface area contributed by atoms with Crippen molar-refractivity contribution < 1.29 is 18.7 Å². The first kappa shape index (κ1) is 21.1. The number of benzene rings is 1. The summed E-state index contributed by atoms with van der Waals surface area (Å²) in [6.45, 7) is 7.31. The number of nitrogens with zero attached hydrogens (tertiary/aromatic N) is 1. The van der Waals surface area contributed by atoms with Crippen molar-refractivity contribution in [1.29, 1.82) is 0 Å². The molecule has 0 bridgehead atoms. The fourth-order valence-electron chi connectivity index (χ4n) is 3.63. The Morgan fingerprint density at radius 2 is 1.97 bits per heavy atom. The van der Waals surface area contributed by atoms with Gasteiger partial charge in [-0.15, -0.1) is 0 Å². The number of amides is 2. The Balaban J connectivity index is 1.52. The number of rotatable bonds is 8. The van der Waals surface area contributed by atoms with E-state index < -0.39 is 6.10 Å². The summed E-state index contributed by atoms with van der Waals surface area (Å²) in [7, 11) is 0. The smallest absolute Gasteiger partial charge is 0.290 e. The average Bonchev–Trinajstić information content (AvgIpc) is 3.40. The van der Waals surface area contributed by atoms with Crippen molar-refractivity contribution in [3.05, 3.63) is 59.5 Å². The molecule has 156 valence electrons. The van der Waals surface area contributed by atoms with Crippen molar-refractivity contribution in [2.24, 2.45) is 0 Å². The number of nitrogens with one attached hydrogen (secondary N) is 1. The molecule has 2 heterocycles. The van der Waals surface area contributed by atoms with Gasteiger partial charge >= 0.3 is 0 Å². The average molecular weight is 399 g/mol. The maximum atomic E-state index is 13.0. The van der Waals surface area contributed by atoms with Crippen LogP contribution >= 0.6 is 0 Å². The first-order valence-electron chi connectivity index (χ1n) is 10.3. The molecule has 0 saturated carbocycles. The van der Waals surface area contributed by atoms with Crippen molar-refractivity contribution >= 4 is 11.8 Å². The van der Waals surface area contributed by atoms with Gasteiger partial charge in [-0.3, -0.25) is 9.59 Å². The van der Waals surface area contributed by atoms with Crippen molar-refractivity contribution in [2.45, 2.75) is 58.3 Å². The molecule has 0 spiro atoms. The Labute approximate surface area is 172 Å². The second-order valence-corrected chi connectivity index (χ2v) is 7.84. The van der Waals surface area contributed by atoms with Crippen LogP contribution in [0.2, 0.25) is 0 Å². The molecular formula is C23H30N2O4. The van der Waals surface area contributed by atoms with E-state index in [1.54, 1.807) is 13.2 Å². The van der Waals surface area contributed by atoms with Crippen LogP contribution in [0.15, 0.2) is 47.1 Å². The van der Waals surface area contributed by atoms with E-state index in [-0.39, 0.29) is 23.8 Å². The lowest BCUT2D eigenvalue weighted by molar-refractivity contribution is -0.132. The molecule has 6 heteroatoms. The van der Waals surface area contributed by atoms with Crippen molar-refractivity contribution in [3.8, 4) is 0 Å². The number of hydrogen-bond donors (Lipinski definition) is 1. The van der Waals surface area contributed by atoms with E-state index in [0.29, 0.717) is 25.5 Å². The van der Waals surface area contributed by atoms with Gasteiger partial charge in [-0.25, -0.2) is 0 Å². The molecule has 2 aromatic rings. The van der Waals surface area contributed by atoms with Crippen molar-refractivity contribution in [2.75, 3.05) is 13.1 Å². The Hall–Kier alpha value is -2.60. The molecule has 1 aromatic heterocycles. The maximum Gasteiger partial charge on any atom is 0.290 e. The topological polar surface area (TPSA) is 71.8 Å². The molecule has 1 N–H and O–H groups in total. The van der Waals surface area contributed by atoms with Crippen LogP contribution in [0.1, 0.15) is 61.2 Å². The van der Waals surface area contributed by atoms with Gasteiger partial charge in [0.05, 0.1) is 12.9 Å². The van der Waals surface area contributed by atoms with E-state index in [9.17, 15) is 9.59 Å². The van der Waals surface area contributed by atoms with Gasteiger partial charge in [0.15, 0.2) is 5.76 Å². The van der Waals surface area contributed by atoms with Gasteiger partial charge in [0, 0.05) is 24.7 Å². The second-order valence-electron chi connectivity index (χ2n) is 7.84. The van der Waals surface area contributed by atoms with Gasteiger partial charge in [0.1, 0.15) is 6.10 Å². The summed E-state index contributed by atoms with van der Waals surface area (Å²) >= 11 is 0. The van der Waals surface area contributed by atoms with Gasteiger partial charge in [-0.2, -0.15) is 0 Å². The molecule has 1 unspecified atom stereocenters. The first-order valence-corrected chi connectivity index (χ1v) is 10.3. The number of likely N-dealkylation sites (tertiary alicyclic amines) is 1. The van der Waals surface area contributed by atoms with E-state index in [1.807, 2.05) is 55.1 Å². The van der Waals surface area contributed by atoms with E-state index in [0.717, 1.165) is 24.0 Å². The van der Waals surface area contributed by atoms with E-state index in [1.165, 1.54) is 0 Å². The van der Waals surface area contributed by atoms with Crippen LogP contribution in [-0.2, 0) is 16.1 Å². The van der Waals surface area contributed by atoms with Crippen LogP contribution in [-0.4, -0.2) is 41.9 Å².